The second-order valence-corrected chi connectivity index (χ2v) is 4.83. The van der Waals surface area contributed by atoms with Crippen molar-refractivity contribution in [3.63, 3.8) is 0 Å². The highest BCUT2D eigenvalue weighted by Gasteiger charge is 2.32. The Bertz CT molecular complexity index is 611. The second-order valence-electron chi connectivity index (χ2n) is 4.83. The number of nitrogens with one attached hydrogen (secondary N) is 2. The normalized spacial score (nSPS) is 15.7. The van der Waals surface area contributed by atoms with Gasteiger partial charge in [0.05, 0.1) is 0 Å². The lowest BCUT2D eigenvalue weighted by Gasteiger charge is -2.16. The Kier molecular flexibility index (Phi) is 4.92. The van der Waals surface area contributed by atoms with Crippen LogP contribution in [0, 0.1) is 11.2 Å². The molecule has 2 rings (SSSR count). The molecule has 1 saturated heterocycles. The van der Waals surface area contributed by atoms with E-state index in [0.717, 1.165) is 44.1 Å². The molecule has 0 unspecified atom stereocenters. The quantitative estimate of drug-likeness (QED) is 0.441. The molecule has 23 heavy (non-hydrogen) atoms. The lowest BCUT2D eigenvalue weighted by molar-refractivity contribution is -0.275. The summed E-state index contributed by atoms with van der Waals surface area (Å²) in [7, 11) is 0. The van der Waals surface area contributed by atoms with Crippen LogP contribution in [0.3, 0.4) is 0 Å². The number of anilines is 1. The van der Waals surface area contributed by atoms with Crippen molar-refractivity contribution in [2.45, 2.75) is 19.2 Å². The van der Waals surface area contributed by atoms with E-state index in [1.54, 1.807) is 4.90 Å². The Morgan fingerprint density at radius 1 is 1.30 bits per heavy atom. The number of likely N-dealkylation sites (tertiary alicyclic amines) is 1. The maximum atomic E-state index is 13.5. The molecule has 1 heterocycles. The van der Waals surface area contributed by atoms with Gasteiger partial charge in [-0.05, 0) is 25.0 Å². The molecule has 0 radical (unpaired) electrons. The zero-order chi connectivity index (χ0) is 17.0. The van der Waals surface area contributed by atoms with Gasteiger partial charge in [-0.3, -0.25) is 5.41 Å². The minimum atomic E-state index is -4.98. The summed E-state index contributed by atoms with van der Waals surface area (Å²) in [6.07, 6.45) is -3.00. The molecule has 4 N–H and O–H groups in total. The van der Waals surface area contributed by atoms with Crippen LogP contribution in [-0.2, 0) is 0 Å². The van der Waals surface area contributed by atoms with Crippen molar-refractivity contribution in [2.75, 3.05) is 18.4 Å². The molecular formula is C13H15F4N5O. The first-order valence-corrected chi connectivity index (χ1v) is 6.74. The Morgan fingerprint density at radius 2 is 1.96 bits per heavy atom. The van der Waals surface area contributed by atoms with E-state index in [-0.39, 0.29) is 17.6 Å². The summed E-state index contributed by atoms with van der Waals surface area (Å²) < 4.78 is 53.2. The SMILES string of the molecule is N=C(N=C(N)N1CCCC1)Nc1ccc(OC(F)(F)F)c(F)c1. The van der Waals surface area contributed by atoms with Crippen molar-refractivity contribution in [3.05, 3.63) is 24.0 Å². The maximum Gasteiger partial charge on any atom is 0.573 e. The molecule has 1 fully saturated rings. The predicted molar refractivity (Wildman–Crippen MR) is 76.9 cm³/mol. The van der Waals surface area contributed by atoms with Gasteiger partial charge in [0, 0.05) is 24.8 Å². The smallest absolute Gasteiger partial charge is 0.403 e. The molecule has 1 aromatic rings. The van der Waals surface area contributed by atoms with Gasteiger partial charge in [0.2, 0.25) is 5.96 Å². The monoisotopic (exact) mass is 333 g/mol. The van der Waals surface area contributed by atoms with Gasteiger partial charge in [-0.1, -0.05) is 0 Å². The Balaban J connectivity index is 2.01. The van der Waals surface area contributed by atoms with Crippen molar-refractivity contribution in [3.8, 4) is 5.75 Å². The molecule has 1 aliphatic rings. The third kappa shape index (κ3) is 5.01. The molecule has 10 heteroatoms. The standard InChI is InChI=1S/C13H15F4N5O/c14-9-7-8(3-4-10(9)23-13(15,16)17)20-11(18)21-12(19)22-5-1-2-6-22/h3-4,7H,1-2,5-6H2,(H4,18,19,20,21). The first-order chi connectivity index (χ1) is 10.7. The van der Waals surface area contributed by atoms with E-state index >= 15 is 0 Å². The zero-order valence-electron chi connectivity index (χ0n) is 12.0. The van der Waals surface area contributed by atoms with Gasteiger partial charge in [-0.15, -0.1) is 13.2 Å². The van der Waals surface area contributed by atoms with E-state index in [0.29, 0.717) is 0 Å². The molecule has 1 aromatic carbocycles. The fourth-order valence-corrected chi connectivity index (χ4v) is 2.08. The van der Waals surface area contributed by atoms with Crippen LogP contribution in [0.5, 0.6) is 5.75 Å². The number of nitrogens with zero attached hydrogens (tertiary/aromatic N) is 2. The maximum absolute atomic E-state index is 13.5. The number of benzene rings is 1. The van der Waals surface area contributed by atoms with E-state index in [1.165, 1.54) is 0 Å². The molecule has 0 amide bonds. The summed E-state index contributed by atoms with van der Waals surface area (Å²) in [4.78, 5) is 5.63. The summed E-state index contributed by atoms with van der Waals surface area (Å²) in [6.45, 7) is 1.50. The Hall–Kier alpha value is -2.52. The number of halogens is 4. The summed E-state index contributed by atoms with van der Waals surface area (Å²) in [5.41, 5.74) is 5.79. The fourth-order valence-electron chi connectivity index (χ4n) is 2.08. The molecule has 0 spiro atoms. The highest BCUT2D eigenvalue weighted by atomic mass is 19.4. The summed E-state index contributed by atoms with van der Waals surface area (Å²) in [5, 5.41) is 10.1. The largest absolute Gasteiger partial charge is 0.573 e. The van der Waals surface area contributed by atoms with Gasteiger partial charge >= 0.3 is 6.36 Å². The van der Waals surface area contributed by atoms with E-state index in [2.05, 4.69) is 15.0 Å². The number of aliphatic imine (C=N–C) groups is 1. The van der Waals surface area contributed by atoms with E-state index in [9.17, 15) is 17.6 Å². The van der Waals surface area contributed by atoms with Crippen LogP contribution < -0.4 is 15.8 Å². The number of hydrogen-bond donors (Lipinski definition) is 3. The lowest BCUT2D eigenvalue weighted by atomic mass is 10.3. The van der Waals surface area contributed by atoms with Crippen molar-refractivity contribution >= 4 is 17.6 Å². The summed E-state index contributed by atoms with van der Waals surface area (Å²) in [5.74, 6) is -2.35. The van der Waals surface area contributed by atoms with E-state index in [4.69, 9.17) is 11.1 Å². The number of alkyl halides is 3. The van der Waals surface area contributed by atoms with Crippen LogP contribution >= 0.6 is 0 Å². The highest BCUT2D eigenvalue weighted by Crippen LogP contribution is 2.27. The molecule has 6 nitrogen and oxygen atoms in total. The van der Waals surface area contributed by atoms with Crippen molar-refractivity contribution in [2.24, 2.45) is 10.7 Å². The van der Waals surface area contributed by atoms with Gasteiger partial charge < -0.3 is 20.7 Å². The van der Waals surface area contributed by atoms with Crippen molar-refractivity contribution in [1.82, 2.24) is 4.90 Å². The first kappa shape index (κ1) is 16.8. The van der Waals surface area contributed by atoms with Crippen LogP contribution in [0.2, 0.25) is 0 Å². The third-order valence-electron chi connectivity index (χ3n) is 3.08. The van der Waals surface area contributed by atoms with Crippen molar-refractivity contribution < 1.29 is 22.3 Å². The predicted octanol–water partition coefficient (Wildman–Crippen LogP) is 2.48. The highest BCUT2D eigenvalue weighted by molar-refractivity contribution is 6.00. The van der Waals surface area contributed by atoms with Crippen LogP contribution in [0.15, 0.2) is 23.2 Å². The van der Waals surface area contributed by atoms with Gasteiger partial charge in [0.15, 0.2) is 17.5 Å². The lowest BCUT2D eigenvalue weighted by Crippen LogP contribution is -2.36. The summed E-state index contributed by atoms with van der Waals surface area (Å²) in [6, 6.07) is 2.73. The van der Waals surface area contributed by atoms with Crippen LogP contribution in [-0.4, -0.2) is 36.3 Å². The molecule has 0 aliphatic carbocycles. The molecule has 0 atom stereocenters. The van der Waals surface area contributed by atoms with Crippen molar-refractivity contribution in [1.29, 1.82) is 5.41 Å². The molecule has 0 bridgehead atoms. The number of guanidine groups is 2. The van der Waals surface area contributed by atoms with Gasteiger partial charge in [0.1, 0.15) is 0 Å². The van der Waals surface area contributed by atoms with Crippen LogP contribution in [0.1, 0.15) is 12.8 Å². The molecule has 1 aliphatic heterocycles. The first-order valence-electron chi connectivity index (χ1n) is 6.74. The number of nitrogens with two attached hydrogens (primary N) is 1. The van der Waals surface area contributed by atoms with Crippen LogP contribution in [0.25, 0.3) is 0 Å². The number of rotatable bonds is 2. The third-order valence-corrected chi connectivity index (χ3v) is 3.08. The average molecular weight is 333 g/mol. The van der Waals surface area contributed by atoms with E-state index in [1.807, 2.05) is 0 Å². The van der Waals surface area contributed by atoms with E-state index < -0.39 is 17.9 Å². The number of hydrogen-bond acceptors (Lipinski definition) is 2. The minimum absolute atomic E-state index is 0.0556. The van der Waals surface area contributed by atoms with Gasteiger partial charge in [-0.25, -0.2) is 4.39 Å². The Morgan fingerprint density at radius 3 is 2.52 bits per heavy atom. The average Bonchev–Trinajstić information content (AvgIpc) is 2.94. The summed E-state index contributed by atoms with van der Waals surface area (Å²) >= 11 is 0. The zero-order valence-corrected chi connectivity index (χ0v) is 12.0. The topological polar surface area (TPSA) is 86.7 Å². The minimum Gasteiger partial charge on any atom is -0.403 e. The molecular weight excluding hydrogens is 318 g/mol. The fraction of sp³-hybridized carbons (Fsp3) is 0.385. The molecule has 0 saturated carbocycles. The second kappa shape index (κ2) is 6.71. The Labute approximate surface area is 129 Å². The molecule has 126 valence electrons. The van der Waals surface area contributed by atoms with Gasteiger partial charge in [0.25, 0.3) is 0 Å². The van der Waals surface area contributed by atoms with Crippen LogP contribution in [0.4, 0.5) is 23.2 Å². The number of ether oxygens (including phenoxy) is 1. The van der Waals surface area contributed by atoms with Gasteiger partial charge in [-0.2, -0.15) is 4.99 Å². The molecule has 0 aromatic heterocycles.